The van der Waals surface area contributed by atoms with E-state index in [2.05, 4.69) is 38.2 Å². The minimum atomic E-state index is 0.350. The molecule has 0 saturated carbocycles. The molecule has 0 atom stereocenters. The number of hydrogen-bond acceptors (Lipinski definition) is 5. The van der Waals surface area contributed by atoms with E-state index in [1.165, 1.54) is 0 Å². The number of nitrogens with zero attached hydrogens (tertiary/aromatic N) is 4. The first kappa shape index (κ1) is 18.0. The van der Waals surface area contributed by atoms with Crippen LogP contribution in [0.4, 0.5) is 11.5 Å². The van der Waals surface area contributed by atoms with Crippen molar-refractivity contribution in [1.29, 1.82) is 0 Å². The number of hydrogen-bond donors (Lipinski definition) is 2. The fourth-order valence-electron chi connectivity index (χ4n) is 2.95. The number of nitrogens with one attached hydrogen (secondary N) is 1. The summed E-state index contributed by atoms with van der Waals surface area (Å²) in [5, 5.41) is 3.10. The normalized spacial score (nSPS) is 15.8. The summed E-state index contributed by atoms with van der Waals surface area (Å²) in [6.45, 7) is 4.50. The molecule has 0 unspecified atom stereocenters. The number of aromatic nitrogens is 1. The Kier molecular flexibility index (Phi) is 5.91. The Bertz CT molecular complexity index is 755. The van der Waals surface area contributed by atoms with Crippen LogP contribution >= 0.6 is 0 Å². The highest BCUT2D eigenvalue weighted by atomic mass is 16.5. The van der Waals surface area contributed by atoms with E-state index in [1.807, 2.05) is 36.5 Å². The number of nitrogens with two attached hydrogens (primary N) is 1. The topological polar surface area (TPSA) is 79.0 Å². The molecule has 1 aliphatic heterocycles. The highest BCUT2D eigenvalue weighted by Crippen LogP contribution is 2.23. The molecule has 26 heavy (non-hydrogen) atoms. The van der Waals surface area contributed by atoms with Crippen LogP contribution in [0, 0.1) is 0 Å². The zero-order valence-electron chi connectivity index (χ0n) is 15.4. The number of likely N-dealkylation sites (N-methyl/N-ethyl adjacent to an activating group) is 1. The van der Waals surface area contributed by atoms with Crippen molar-refractivity contribution >= 4 is 17.5 Å². The van der Waals surface area contributed by atoms with Gasteiger partial charge in [-0.1, -0.05) is 18.2 Å². The third-order valence-corrected chi connectivity index (χ3v) is 4.46. The number of guanidine groups is 1. The Labute approximate surface area is 154 Å². The molecule has 0 aliphatic carbocycles. The first-order chi connectivity index (χ1) is 12.7. The SMILES string of the molecule is COc1ccccc1NC(N)=NCc1cccnc1N1CCN(C)CC1. The maximum atomic E-state index is 6.07. The van der Waals surface area contributed by atoms with Crippen molar-refractivity contribution < 1.29 is 4.74 Å². The van der Waals surface area contributed by atoms with Gasteiger partial charge in [0.2, 0.25) is 0 Å². The Morgan fingerprint density at radius 3 is 2.73 bits per heavy atom. The van der Waals surface area contributed by atoms with Gasteiger partial charge in [-0.2, -0.15) is 0 Å². The van der Waals surface area contributed by atoms with Crippen LogP contribution in [-0.4, -0.2) is 56.2 Å². The summed E-state index contributed by atoms with van der Waals surface area (Å²) >= 11 is 0. The predicted octanol–water partition coefficient (Wildman–Crippen LogP) is 1.77. The van der Waals surface area contributed by atoms with Crippen LogP contribution in [0.1, 0.15) is 5.56 Å². The van der Waals surface area contributed by atoms with Crippen LogP contribution in [0.2, 0.25) is 0 Å². The van der Waals surface area contributed by atoms with Crippen LogP contribution in [-0.2, 0) is 6.54 Å². The maximum Gasteiger partial charge on any atom is 0.193 e. The van der Waals surface area contributed by atoms with Crippen molar-refractivity contribution in [3.8, 4) is 5.75 Å². The fourth-order valence-corrected chi connectivity index (χ4v) is 2.95. The molecule has 2 aromatic rings. The Morgan fingerprint density at radius 2 is 1.96 bits per heavy atom. The summed E-state index contributed by atoms with van der Waals surface area (Å²) in [6, 6.07) is 11.6. The molecule has 0 radical (unpaired) electrons. The number of piperazine rings is 1. The van der Waals surface area contributed by atoms with E-state index in [0.717, 1.165) is 49.0 Å². The number of benzene rings is 1. The predicted molar refractivity (Wildman–Crippen MR) is 106 cm³/mol. The molecule has 7 nitrogen and oxygen atoms in total. The van der Waals surface area contributed by atoms with Crippen LogP contribution in [0.25, 0.3) is 0 Å². The molecule has 2 heterocycles. The van der Waals surface area contributed by atoms with E-state index in [0.29, 0.717) is 12.5 Å². The van der Waals surface area contributed by atoms with Crippen LogP contribution in [0.3, 0.4) is 0 Å². The molecule has 0 bridgehead atoms. The molecule has 138 valence electrons. The van der Waals surface area contributed by atoms with E-state index < -0.39 is 0 Å². The Morgan fingerprint density at radius 1 is 1.19 bits per heavy atom. The van der Waals surface area contributed by atoms with Crippen molar-refractivity contribution in [1.82, 2.24) is 9.88 Å². The standard InChI is InChI=1S/C19H26N6O/c1-24-10-12-25(13-11-24)18-15(6-5-9-21-18)14-22-19(20)23-16-7-3-4-8-17(16)26-2/h3-9H,10-14H2,1-2H3,(H3,20,22,23). The third-order valence-electron chi connectivity index (χ3n) is 4.46. The highest BCUT2D eigenvalue weighted by Gasteiger charge is 2.17. The minimum Gasteiger partial charge on any atom is -0.495 e. The van der Waals surface area contributed by atoms with Gasteiger partial charge in [-0.05, 0) is 25.2 Å². The zero-order chi connectivity index (χ0) is 18.4. The summed E-state index contributed by atoms with van der Waals surface area (Å²) in [6.07, 6.45) is 1.83. The molecule has 7 heteroatoms. The molecule has 3 rings (SSSR count). The highest BCUT2D eigenvalue weighted by molar-refractivity contribution is 5.93. The molecular weight excluding hydrogens is 328 g/mol. The van der Waals surface area contributed by atoms with Gasteiger partial charge in [0, 0.05) is 37.9 Å². The van der Waals surface area contributed by atoms with E-state index in [4.69, 9.17) is 10.5 Å². The molecule has 1 aliphatic rings. The van der Waals surface area contributed by atoms with E-state index in [9.17, 15) is 0 Å². The lowest BCUT2D eigenvalue weighted by molar-refractivity contribution is 0.312. The van der Waals surface area contributed by atoms with E-state index in [1.54, 1.807) is 7.11 Å². The molecule has 1 aromatic carbocycles. The van der Waals surface area contributed by atoms with E-state index >= 15 is 0 Å². The Hall–Kier alpha value is -2.80. The zero-order valence-corrected chi connectivity index (χ0v) is 15.4. The van der Waals surface area contributed by atoms with Crippen molar-refractivity contribution in [2.24, 2.45) is 10.7 Å². The molecule has 1 saturated heterocycles. The smallest absolute Gasteiger partial charge is 0.193 e. The molecular formula is C19H26N6O. The first-order valence-electron chi connectivity index (χ1n) is 8.74. The molecule has 0 amide bonds. The lowest BCUT2D eigenvalue weighted by atomic mass is 10.2. The van der Waals surface area contributed by atoms with E-state index in [-0.39, 0.29) is 0 Å². The van der Waals surface area contributed by atoms with Gasteiger partial charge in [0.15, 0.2) is 5.96 Å². The summed E-state index contributed by atoms with van der Waals surface area (Å²) in [5.41, 5.74) is 7.93. The number of para-hydroxylation sites is 2. The van der Waals surface area contributed by atoms with Gasteiger partial charge in [0.25, 0.3) is 0 Å². The third kappa shape index (κ3) is 4.43. The quantitative estimate of drug-likeness (QED) is 0.629. The Balaban J connectivity index is 1.70. The average molecular weight is 354 g/mol. The average Bonchev–Trinajstić information content (AvgIpc) is 2.68. The summed E-state index contributed by atoms with van der Waals surface area (Å²) in [7, 11) is 3.77. The van der Waals surface area contributed by atoms with Gasteiger partial charge >= 0.3 is 0 Å². The van der Waals surface area contributed by atoms with Crippen molar-refractivity contribution in [2.45, 2.75) is 6.54 Å². The number of anilines is 2. The number of methoxy groups -OCH3 is 1. The number of rotatable bonds is 5. The fraction of sp³-hybridized carbons (Fsp3) is 0.368. The first-order valence-corrected chi connectivity index (χ1v) is 8.74. The lowest BCUT2D eigenvalue weighted by Gasteiger charge is -2.34. The number of pyridine rings is 1. The molecule has 1 aromatic heterocycles. The maximum absolute atomic E-state index is 6.07. The van der Waals surface area contributed by atoms with Gasteiger partial charge in [0.1, 0.15) is 11.6 Å². The van der Waals surface area contributed by atoms with Gasteiger partial charge in [-0.15, -0.1) is 0 Å². The lowest BCUT2D eigenvalue weighted by Crippen LogP contribution is -2.45. The monoisotopic (exact) mass is 354 g/mol. The van der Waals surface area contributed by atoms with Crippen LogP contribution in [0.15, 0.2) is 47.6 Å². The largest absolute Gasteiger partial charge is 0.495 e. The van der Waals surface area contributed by atoms with Crippen LogP contribution in [0.5, 0.6) is 5.75 Å². The summed E-state index contributed by atoms with van der Waals surface area (Å²) in [4.78, 5) is 13.7. The number of aliphatic imine (C=N–C) groups is 1. The summed E-state index contributed by atoms with van der Waals surface area (Å²) < 4.78 is 5.32. The van der Waals surface area contributed by atoms with Gasteiger partial charge in [-0.3, -0.25) is 0 Å². The summed E-state index contributed by atoms with van der Waals surface area (Å²) in [5.74, 6) is 2.07. The van der Waals surface area contributed by atoms with Crippen LogP contribution < -0.4 is 20.7 Å². The second-order valence-electron chi connectivity index (χ2n) is 6.30. The molecule has 3 N–H and O–H groups in total. The van der Waals surface area contributed by atoms with Crippen molar-refractivity contribution in [3.63, 3.8) is 0 Å². The number of ether oxygens (including phenoxy) is 1. The molecule has 1 fully saturated rings. The van der Waals surface area contributed by atoms with Crippen molar-refractivity contribution in [2.75, 3.05) is 50.6 Å². The van der Waals surface area contributed by atoms with Gasteiger partial charge in [-0.25, -0.2) is 9.98 Å². The second kappa shape index (κ2) is 8.53. The minimum absolute atomic E-state index is 0.350. The van der Waals surface area contributed by atoms with Gasteiger partial charge < -0.3 is 25.6 Å². The van der Waals surface area contributed by atoms with Gasteiger partial charge in [0.05, 0.1) is 19.3 Å². The second-order valence-corrected chi connectivity index (χ2v) is 6.30. The van der Waals surface area contributed by atoms with Crippen molar-refractivity contribution in [3.05, 3.63) is 48.2 Å². The molecule has 0 spiro atoms.